The molecule has 2 heterocycles. The molecule has 0 unspecified atom stereocenters. The van der Waals surface area contributed by atoms with E-state index in [4.69, 9.17) is 4.43 Å². The summed E-state index contributed by atoms with van der Waals surface area (Å²) in [5.74, 6) is 0. The average molecular weight is 279 g/mol. The Labute approximate surface area is 117 Å². The van der Waals surface area contributed by atoms with Gasteiger partial charge >= 0.3 is 0 Å². The van der Waals surface area contributed by atoms with E-state index in [2.05, 4.69) is 44.0 Å². The third kappa shape index (κ3) is 3.15. The summed E-state index contributed by atoms with van der Waals surface area (Å²) >= 11 is 0. The largest absolute Gasteiger partial charge is 0.415 e. The minimum atomic E-state index is -1.65. The van der Waals surface area contributed by atoms with Crippen molar-refractivity contribution in [2.24, 2.45) is 4.99 Å². The van der Waals surface area contributed by atoms with E-state index in [9.17, 15) is 0 Å². The van der Waals surface area contributed by atoms with Crippen LogP contribution in [0.1, 0.15) is 32.0 Å². The molecule has 1 aromatic rings. The zero-order valence-electron chi connectivity index (χ0n) is 12.7. The van der Waals surface area contributed by atoms with Gasteiger partial charge in [-0.3, -0.25) is 9.67 Å². The summed E-state index contributed by atoms with van der Waals surface area (Å²) < 4.78 is 8.21. The Balaban J connectivity index is 1.94. The standard InChI is InChI=1S/C14H25N3OSi/c1-14(2,3)19(4,5)18-9-8-17-13-11-15-7-6-12(13)10-16-17/h10-11H,6-9H2,1-5H3. The van der Waals surface area contributed by atoms with Gasteiger partial charge in [-0.1, -0.05) is 20.8 Å². The highest BCUT2D eigenvalue weighted by atomic mass is 28.4. The molecule has 0 aromatic carbocycles. The summed E-state index contributed by atoms with van der Waals surface area (Å²) in [5.41, 5.74) is 2.47. The predicted molar refractivity (Wildman–Crippen MR) is 81.5 cm³/mol. The molecule has 1 aromatic heterocycles. The van der Waals surface area contributed by atoms with Crippen molar-refractivity contribution in [2.75, 3.05) is 13.2 Å². The predicted octanol–water partition coefficient (Wildman–Crippen LogP) is 2.88. The molecule has 0 aliphatic carbocycles. The second-order valence-electron chi connectivity index (χ2n) is 6.67. The first-order valence-corrected chi connectivity index (χ1v) is 9.90. The zero-order chi connectivity index (χ0) is 14.1. The molecule has 0 saturated carbocycles. The van der Waals surface area contributed by atoms with Gasteiger partial charge in [-0.2, -0.15) is 5.10 Å². The van der Waals surface area contributed by atoms with Crippen LogP contribution in [-0.2, 0) is 17.4 Å². The highest BCUT2D eigenvalue weighted by Gasteiger charge is 2.36. The van der Waals surface area contributed by atoms with Crippen LogP contribution in [0.15, 0.2) is 11.2 Å². The van der Waals surface area contributed by atoms with Gasteiger partial charge in [0.1, 0.15) is 0 Å². The Bertz CT molecular complexity index is 472. The molecule has 4 nitrogen and oxygen atoms in total. The van der Waals surface area contributed by atoms with Crippen molar-refractivity contribution < 1.29 is 4.43 Å². The highest BCUT2D eigenvalue weighted by Crippen LogP contribution is 2.36. The van der Waals surface area contributed by atoms with Gasteiger partial charge in [0, 0.05) is 18.3 Å². The lowest BCUT2D eigenvalue weighted by Gasteiger charge is -2.36. The molecular formula is C14H25N3OSi. The third-order valence-corrected chi connectivity index (χ3v) is 8.79. The topological polar surface area (TPSA) is 39.4 Å². The minimum Gasteiger partial charge on any atom is -0.415 e. The molecule has 106 valence electrons. The first kappa shape index (κ1) is 14.5. The summed E-state index contributed by atoms with van der Waals surface area (Å²) in [5, 5.41) is 4.70. The Morgan fingerprint density at radius 3 is 2.79 bits per heavy atom. The van der Waals surface area contributed by atoms with Gasteiger partial charge in [0.2, 0.25) is 0 Å². The average Bonchev–Trinajstić information content (AvgIpc) is 2.71. The minimum absolute atomic E-state index is 0.262. The molecule has 0 saturated heterocycles. The summed E-state index contributed by atoms with van der Waals surface area (Å²) in [6.45, 7) is 13.8. The smallest absolute Gasteiger partial charge is 0.192 e. The first-order valence-electron chi connectivity index (χ1n) is 7.00. The molecule has 0 amide bonds. The Morgan fingerprint density at radius 2 is 2.11 bits per heavy atom. The quantitative estimate of drug-likeness (QED) is 0.795. The number of aliphatic imine (C=N–C) groups is 1. The molecule has 5 heteroatoms. The van der Waals surface area contributed by atoms with E-state index in [1.807, 2.05) is 17.1 Å². The number of aromatic nitrogens is 2. The molecule has 0 bridgehead atoms. The monoisotopic (exact) mass is 279 g/mol. The van der Waals surface area contributed by atoms with Crippen LogP contribution in [0.2, 0.25) is 18.1 Å². The van der Waals surface area contributed by atoms with Crippen molar-refractivity contribution in [2.45, 2.75) is 51.9 Å². The van der Waals surface area contributed by atoms with E-state index in [1.165, 1.54) is 5.56 Å². The maximum Gasteiger partial charge on any atom is 0.192 e. The second-order valence-corrected chi connectivity index (χ2v) is 11.5. The van der Waals surface area contributed by atoms with Gasteiger partial charge in [0.15, 0.2) is 8.32 Å². The van der Waals surface area contributed by atoms with Crippen LogP contribution in [0.5, 0.6) is 0 Å². The molecule has 1 aliphatic rings. The van der Waals surface area contributed by atoms with Crippen LogP contribution in [0.3, 0.4) is 0 Å². The van der Waals surface area contributed by atoms with E-state index in [0.29, 0.717) is 0 Å². The molecule has 0 N–H and O–H groups in total. The van der Waals surface area contributed by atoms with Gasteiger partial charge in [0.05, 0.1) is 25.0 Å². The molecule has 0 spiro atoms. The van der Waals surface area contributed by atoms with Crippen LogP contribution < -0.4 is 0 Å². The highest BCUT2D eigenvalue weighted by molar-refractivity contribution is 6.74. The van der Waals surface area contributed by atoms with Crippen molar-refractivity contribution in [3.05, 3.63) is 17.5 Å². The van der Waals surface area contributed by atoms with Crippen LogP contribution in [0, 0.1) is 0 Å². The molecule has 0 atom stereocenters. The van der Waals surface area contributed by atoms with Crippen molar-refractivity contribution in [3.8, 4) is 0 Å². The van der Waals surface area contributed by atoms with E-state index >= 15 is 0 Å². The Morgan fingerprint density at radius 1 is 1.37 bits per heavy atom. The van der Waals surface area contributed by atoms with E-state index in [0.717, 1.165) is 31.8 Å². The number of hydrogen-bond donors (Lipinski definition) is 0. The van der Waals surface area contributed by atoms with Crippen molar-refractivity contribution >= 4 is 14.5 Å². The van der Waals surface area contributed by atoms with Crippen LogP contribution in [-0.4, -0.2) is 37.5 Å². The molecule has 2 rings (SSSR count). The number of hydrogen-bond acceptors (Lipinski definition) is 3. The fraction of sp³-hybridized carbons (Fsp3) is 0.714. The molecule has 19 heavy (non-hydrogen) atoms. The van der Waals surface area contributed by atoms with E-state index in [-0.39, 0.29) is 5.04 Å². The summed E-state index contributed by atoms with van der Waals surface area (Å²) in [4.78, 5) is 4.33. The summed E-state index contributed by atoms with van der Waals surface area (Å²) in [6, 6.07) is 0. The van der Waals surface area contributed by atoms with Gasteiger partial charge in [-0.25, -0.2) is 0 Å². The Kier molecular flexibility index (Phi) is 3.97. The van der Waals surface area contributed by atoms with Gasteiger partial charge in [-0.15, -0.1) is 0 Å². The number of nitrogens with zero attached hydrogens (tertiary/aromatic N) is 3. The fourth-order valence-electron chi connectivity index (χ4n) is 1.89. The lowest BCUT2D eigenvalue weighted by molar-refractivity contribution is 0.265. The van der Waals surface area contributed by atoms with Gasteiger partial charge < -0.3 is 4.43 Å². The van der Waals surface area contributed by atoms with Gasteiger partial charge in [0.25, 0.3) is 0 Å². The maximum absolute atomic E-state index is 6.19. The lowest BCUT2D eigenvalue weighted by Crippen LogP contribution is -2.41. The molecule has 0 radical (unpaired) electrons. The zero-order valence-corrected chi connectivity index (χ0v) is 13.7. The molecule has 1 aliphatic heterocycles. The fourth-order valence-corrected chi connectivity index (χ4v) is 2.93. The van der Waals surface area contributed by atoms with Crippen molar-refractivity contribution in [1.82, 2.24) is 9.78 Å². The third-order valence-electron chi connectivity index (χ3n) is 4.26. The lowest BCUT2D eigenvalue weighted by atomic mass is 10.1. The summed E-state index contributed by atoms with van der Waals surface area (Å²) in [6.07, 6.45) is 4.92. The molecule has 0 fully saturated rings. The van der Waals surface area contributed by atoms with Crippen LogP contribution in [0.25, 0.3) is 0 Å². The Hall–Kier alpha value is -0.943. The second kappa shape index (κ2) is 5.21. The molecular weight excluding hydrogens is 254 g/mol. The van der Waals surface area contributed by atoms with E-state index in [1.54, 1.807) is 0 Å². The summed E-state index contributed by atoms with van der Waals surface area (Å²) in [7, 11) is -1.65. The van der Waals surface area contributed by atoms with Crippen molar-refractivity contribution in [1.29, 1.82) is 0 Å². The SMILES string of the molecule is CC(C)(C)[Si](C)(C)OCCn1ncc2c1C=NCC2. The number of rotatable bonds is 4. The normalized spacial score (nSPS) is 15.6. The number of fused-ring (bicyclic) bond motifs is 1. The first-order chi connectivity index (χ1) is 8.81. The van der Waals surface area contributed by atoms with Gasteiger partial charge in [-0.05, 0) is 24.6 Å². The van der Waals surface area contributed by atoms with Crippen LogP contribution >= 0.6 is 0 Å². The van der Waals surface area contributed by atoms with E-state index < -0.39 is 8.32 Å². The maximum atomic E-state index is 6.19. The van der Waals surface area contributed by atoms with Crippen molar-refractivity contribution in [3.63, 3.8) is 0 Å². The van der Waals surface area contributed by atoms with Crippen LogP contribution in [0.4, 0.5) is 0 Å².